The number of hydrogen-bond acceptors (Lipinski definition) is 5. The van der Waals surface area contributed by atoms with Crippen LogP contribution in [0.5, 0.6) is 11.5 Å². The largest absolute Gasteiger partial charge is 0.457 e. The van der Waals surface area contributed by atoms with Gasteiger partial charge in [0.1, 0.15) is 17.3 Å². The van der Waals surface area contributed by atoms with E-state index in [2.05, 4.69) is 0 Å². The topological polar surface area (TPSA) is 69.7 Å². The minimum Gasteiger partial charge on any atom is -0.457 e. The van der Waals surface area contributed by atoms with Crippen LogP contribution < -0.4 is 4.74 Å². The third-order valence-electron chi connectivity index (χ3n) is 3.76. The molecule has 0 amide bonds. The second-order valence-corrected chi connectivity index (χ2v) is 6.31. The maximum absolute atomic E-state index is 12.2. The van der Waals surface area contributed by atoms with Crippen molar-refractivity contribution in [2.24, 2.45) is 5.92 Å². The van der Waals surface area contributed by atoms with Crippen molar-refractivity contribution in [2.45, 2.75) is 6.92 Å². The third kappa shape index (κ3) is 4.71. The van der Waals surface area contributed by atoms with Gasteiger partial charge in [-0.25, -0.2) is 0 Å². The summed E-state index contributed by atoms with van der Waals surface area (Å²) in [6.07, 6.45) is 3.86. The predicted octanol–water partition coefficient (Wildman–Crippen LogP) is 4.36. The van der Waals surface area contributed by atoms with Gasteiger partial charge in [-0.2, -0.15) is 0 Å². The molecule has 1 aliphatic heterocycles. The second-order valence-electron chi connectivity index (χ2n) is 5.88. The molecule has 0 radical (unpaired) electrons. The first-order chi connectivity index (χ1) is 12.9. The second kappa shape index (κ2) is 8.01. The molecule has 0 spiro atoms. The summed E-state index contributed by atoms with van der Waals surface area (Å²) >= 11 is 5.85. The summed E-state index contributed by atoms with van der Waals surface area (Å²) in [5, 5.41) is 0.610. The summed E-state index contributed by atoms with van der Waals surface area (Å²) in [6, 6.07) is 13.9. The third-order valence-corrected chi connectivity index (χ3v) is 4.01. The molecule has 6 heteroatoms. The molecule has 3 rings (SSSR count). The van der Waals surface area contributed by atoms with E-state index in [1.165, 1.54) is 19.1 Å². The SMILES string of the molecule is CC1=CC(=O)[C@@H](C(=O)/C=C/c2cccc(Oc3ccc(Cl)cc3)c2)C(=O)O1. The van der Waals surface area contributed by atoms with Crippen LogP contribution in [0.2, 0.25) is 5.02 Å². The molecule has 0 aliphatic carbocycles. The molecule has 1 aliphatic rings. The van der Waals surface area contributed by atoms with E-state index >= 15 is 0 Å². The fourth-order valence-corrected chi connectivity index (χ4v) is 2.62. The number of rotatable bonds is 5. The predicted molar refractivity (Wildman–Crippen MR) is 100 cm³/mol. The summed E-state index contributed by atoms with van der Waals surface area (Å²) in [7, 11) is 0. The Balaban J connectivity index is 1.72. The van der Waals surface area contributed by atoms with Gasteiger partial charge in [0.05, 0.1) is 0 Å². The van der Waals surface area contributed by atoms with Gasteiger partial charge in [0.2, 0.25) is 0 Å². The minimum atomic E-state index is -1.45. The van der Waals surface area contributed by atoms with E-state index in [4.69, 9.17) is 21.1 Å². The highest BCUT2D eigenvalue weighted by atomic mass is 35.5. The van der Waals surface area contributed by atoms with Gasteiger partial charge in [-0.3, -0.25) is 14.4 Å². The molecule has 1 heterocycles. The number of cyclic esters (lactones) is 1. The molecule has 0 saturated heterocycles. The molecule has 0 bridgehead atoms. The highest BCUT2D eigenvalue weighted by Gasteiger charge is 2.36. The van der Waals surface area contributed by atoms with Crippen molar-refractivity contribution in [1.82, 2.24) is 0 Å². The molecule has 2 aromatic carbocycles. The first kappa shape index (κ1) is 18.6. The Morgan fingerprint density at radius 2 is 1.85 bits per heavy atom. The highest BCUT2D eigenvalue weighted by Crippen LogP contribution is 2.24. The van der Waals surface area contributed by atoms with E-state index in [0.29, 0.717) is 22.1 Å². The van der Waals surface area contributed by atoms with Gasteiger partial charge in [0.25, 0.3) is 0 Å². The van der Waals surface area contributed by atoms with Crippen LogP contribution in [-0.4, -0.2) is 17.5 Å². The molecule has 0 N–H and O–H groups in total. The van der Waals surface area contributed by atoms with Crippen LogP contribution in [0.3, 0.4) is 0 Å². The molecule has 5 nitrogen and oxygen atoms in total. The summed E-state index contributed by atoms with van der Waals surface area (Å²) in [5.74, 6) is -2.12. The first-order valence-electron chi connectivity index (χ1n) is 8.11. The maximum atomic E-state index is 12.2. The fraction of sp³-hybridized carbons (Fsp3) is 0.0952. The Hall–Kier alpha value is -3.18. The van der Waals surface area contributed by atoms with Gasteiger partial charge in [-0.15, -0.1) is 0 Å². The molecule has 1 atom stereocenters. The number of ketones is 2. The summed E-state index contributed by atoms with van der Waals surface area (Å²) in [6.45, 7) is 1.48. The molecule has 0 unspecified atom stereocenters. The molecule has 2 aromatic rings. The highest BCUT2D eigenvalue weighted by molar-refractivity contribution is 6.30. The van der Waals surface area contributed by atoms with E-state index < -0.39 is 23.5 Å². The van der Waals surface area contributed by atoms with Crippen molar-refractivity contribution in [3.05, 3.63) is 77.0 Å². The zero-order valence-electron chi connectivity index (χ0n) is 14.3. The molecule has 27 heavy (non-hydrogen) atoms. The Kier molecular flexibility index (Phi) is 5.52. The van der Waals surface area contributed by atoms with Crippen LogP contribution in [0.15, 0.2) is 66.4 Å². The lowest BCUT2D eigenvalue weighted by atomic mass is 9.96. The van der Waals surface area contributed by atoms with Crippen LogP contribution in [0.4, 0.5) is 0 Å². The summed E-state index contributed by atoms with van der Waals surface area (Å²) < 4.78 is 10.6. The van der Waals surface area contributed by atoms with E-state index in [-0.39, 0.29) is 5.76 Å². The molecule has 0 aromatic heterocycles. The summed E-state index contributed by atoms with van der Waals surface area (Å²) in [5.41, 5.74) is 0.679. The van der Waals surface area contributed by atoms with Gasteiger partial charge >= 0.3 is 5.97 Å². The average Bonchev–Trinajstić information content (AvgIpc) is 2.61. The summed E-state index contributed by atoms with van der Waals surface area (Å²) in [4.78, 5) is 35.9. The normalized spacial score (nSPS) is 16.8. The van der Waals surface area contributed by atoms with Crippen molar-refractivity contribution >= 4 is 35.2 Å². The van der Waals surface area contributed by atoms with Crippen molar-refractivity contribution in [1.29, 1.82) is 0 Å². The van der Waals surface area contributed by atoms with Crippen molar-refractivity contribution in [2.75, 3.05) is 0 Å². The average molecular weight is 383 g/mol. The lowest BCUT2D eigenvalue weighted by Gasteiger charge is -2.15. The molecular formula is C21H15ClO5. The van der Waals surface area contributed by atoms with Gasteiger partial charge < -0.3 is 9.47 Å². The number of allylic oxidation sites excluding steroid dienone is 3. The van der Waals surface area contributed by atoms with E-state index in [1.807, 2.05) is 0 Å². The van der Waals surface area contributed by atoms with Gasteiger partial charge in [-0.1, -0.05) is 29.8 Å². The van der Waals surface area contributed by atoms with E-state index in [9.17, 15) is 14.4 Å². The Bertz CT molecular complexity index is 957. The van der Waals surface area contributed by atoms with Crippen molar-refractivity contribution < 1.29 is 23.9 Å². The number of carbonyl (C=O) groups excluding carboxylic acids is 3. The monoisotopic (exact) mass is 382 g/mol. The van der Waals surface area contributed by atoms with Gasteiger partial charge in [0.15, 0.2) is 17.5 Å². The number of ether oxygens (including phenoxy) is 2. The molecular weight excluding hydrogens is 368 g/mol. The van der Waals surface area contributed by atoms with Crippen LogP contribution in [0.25, 0.3) is 6.08 Å². The first-order valence-corrected chi connectivity index (χ1v) is 8.49. The quantitative estimate of drug-likeness (QED) is 0.436. The van der Waals surface area contributed by atoms with Gasteiger partial charge in [0, 0.05) is 11.1 Å². The van der Waals surface area contributed by atoms with E-state index in [1.54, 1.807) is 48.5 Å². The van der Waals surface area contributed by atoms with Gasteiger partial charge in [-0.05, 0) is 55.0 Å². The Morgan fingerprint density at radius 3 is 2.56 bits per heavy atom. The number of hydrogen-bond donors (Lipinski definition) is 0. The maximum Gasteiger partial charge on any atom is 0.329 e. The Labute approximate surface area is 160 Å². The van der Waals surface area contributed by atoms with Crippen molar-refractivity contribution in [3.63, 3.8) is 0 Å². The van der Waals surface area contributed by atoms with Crippen LogP contribution >= 0.6 is 11.6 Å². The Morgan fingerprint density at radius 1 is 1.11 bits per heavy atom. The zero-order valence-corrected chi connectivity index (χ0v) is 15.1. The lowest BCUT2D eigenvalue weighted by Crippen LogP contribution is -2.34. The van der Waals surface area contributed by atoms with Crippen LogP contribution in [0.1, 0.15) is 12.5 Å². The smallest absolute Gasteiger partial charge is 0.329 e. The van der Waals surface area contributed by atoms with E-state index in [0.717, 1.165) is 6.08 Å². The standard InChI is InChI=1S/C21H15ClO5/c1-13-11-19(24)20(21(25)26-13)18(23)10-5-14-3-2-4-17(12-14)27-16-8-6-15(22)7-9-16/h2-12,20H,1H3/b10-5+/t20-/m1/s1. The minimum absolute atomic E-state index is 0.185. The lowest BCUT2D eigenvalue weighted by molar-refractivity contribution is -0.151. The number of benzene rings is 2. The molecule has 136 valence electrons. The van der Waals surface area contributed by atoms with Crippen LogP contribution in [0, 0.1) is 5.92 Å². The number of halogens is 1. The van der Waals surface area contributed by atoms with Crippen LogP contribution in [-0.2, 0) is 19.1 Å². The van der Waals surface area contributed by atoms with Crippen molar-refractivity contribution in [3.8, 4) is 11.5 Å². The zero-order chi connectivity index (χ0) is 19.4. The molecule has 0 fully saturated rings. The number of carbonyl (C=O) groups is 3. The molecule has 0 saturated carbocycles. The number of esters is 1. The fourth-order valence-electron chi connectivity index (χ4n) is 2.50.